The Morgan fingerprint density at radius 2 is 1.94 bits per heavy atom. The summed E-state index contributed by atoms with van der Waals surface area (Å²) in [5.41, 5.74) is 4.70. The Morgan fingerprint density at radius 3 is 2.71 bits per heavy atom. The third-order valence-electron chi connectivity index (χ3n) is 8.47. The first-order valence-corrected chi connectivity index (χ1v) is 13.5. The number of carbonyl (C=O) groups excluding carboxylic acids is 1. The van der Waals surface area contributed by atoms with Crippen LogP contribution in [0.3, 0.4) is 0 Å². The molecular formula is C29H37N3O3. The van der Waals surface area contributed by atoms with Crippen LogP contribution in [0, 0.1) is 11.8 Å². The lowest BCUT2D eigenvalue weighted by atomic mass is 9.87. The van der Waals surface area contributed by atoms with E-state index < -0.39 is 0 Å². The molecule has 35 heavy (non-hydrogen) atoms. The first kappa shape index (κ1) is 23.0. The van der Waals surface area contributed by atoms with Gasteiger partial charge in [-0.3, -0.25) is 9.69 Å². The molecule has 186 valence electrons. The van der Waals surface area contributed by atoms with E-state index in [0.717, 1.165) is 57.1 Å². The van der Waals surface area contributed by atoms with E-state index in [0.29, 0.717) is 18.1 Å². The third-order valence-corrected chi connectivity index (χ3v) is 8.47. The van der Waals surface area contributed by atoms with E-state index >= 15 is 0 Å². The van der Waals surface area contributed by atoms with Crippen LogP contribution in [0.15, 0.2) is 36.5 Å². The van der Waals surface area contributed by atoms with Crippen LogP contribution in [-0.4, -0.2) is 54.2 Å². The number of hydrogen-bond acceptors (Lipinski definition) is 5. The van der Waals surface area contributed by atoms with Gasteiger partial charge in [0.1, 0.15) is 18.1 Å². The van der Waals surface area contributed by atoms with Crippen molar-refractivity contribution in [1.82, 2.24) is 15.2 Å². The van der Waals surface area contributed by atoms with Gasteiger partial charge in [0.15, 0.2) is 0 Å². The molecule has 4 atom stereocenters. The van der Waals surface area contributed by atoms with E-state index in [1.54, 1.807) is 12.3 Å². The summed E-state index contributed by atoms with van der Waals surface area (Å²) < 4.78 is 11.3. The molecule has 2 unspecified atom stereocenters. The molecule has 2 saturated heterocycles. The second-order valence-corrected chi connectivity index (χ2v) is 11.0. The zero-order valence-corrected chi connectivity index (χ0v) is 20.6. The summed E-state index contributed by atoms with van der Waals surface area (Å²) in [6, 6.07) is 10.7. The summed E-state index contributed by atoms with van der Waals surface area (Å²) >= 11 is 0. The van der Waals surface area contributed by atoms with Crippen molar-refractivity contribution in [3.63, 3.8) is 0 Å². The Balaban J connectivity index is 0.997. The molecule has 3 heterocycles. The monoisotopic (exact) mass is 475 g/mol. The number of hydrogen-bond donors (Lipinski definition) is 1. The maximum Gasteiger partial charge on any atom is 0.270 e. The largest absolute Gasteiger partial charge is 0.489 e. The van der Waals surface area contributed by atoms with Gasteiger partial charge in [-0.2, -0.15) is 0 Å². The Morgan fingerprint density at radius 1 is 1.06 bits per heavy atom. The van der Waals surface area contributed by atoms with E-state index in [1.165, 1.54) is 49.0 Å². The molecule has 0 bridgehead atoms. The summed E-state index contributed by atoms with van der Waals surface area (Å²) in [4.78, 5) is 19.8. The van der Waals surface area contributed by atoms with Gasteiger partial charge in [0.25, 0.3) is 5.91 Å². The van der Waals surface area contributed by atoms with Crippen LogP contribution in [0.1, 0.15) is 65.7 Å². The smallest absolute Gasteiger partial charge is 0.270 e. The van der Waals surface area contributed by atoms with E-state index in [4.69, 9.17) is 9.47 Å². The van der Waals surface area contributed by atoms with Gasteiger partial charge in [-0.15, -0.1) is 0 Å². The van der Waals surface area contributed by atoms with Crippen molar-refractivity contribution in [2.45, 2.75) is 70.1 Å². The van der Waals surface area contributed by atoms with Gasteiger partial charge in [-0.05, 0) is 85.6 Å². The van der Waals surface area contributed by atoms with Crippen LogP contribution in [0.2, 0.25) is 0 Å². The Labute approximate surface area is 208 Å². The summed E-state index contributed by atoms with van der Waals surface area (Å²) in [6.45, 7) is 5.00. The molecule has 4 aliphatic rings. The highest BCUT2D eigenvalue weighted by Gasteiger charge is 2.35. The molecule has 0 radical (unpaired) electrons. The number of ether oxygens (including phenoxy) is 2. The van der Waals surface area contributed by atoms with Gasteiger partial charge in [-0.25, -0.2) is 4.98 Å². The van der Waals surface area contributed by atoms with Crippen molar-refractivity contribution >= 4 is 5.91 Å². The normalized spacial score (nSPS) is 28.0. The fourth-order valence-electron chi connectivity index (χ4n) is 6.57. The highest BCUT2D eigenvalue weighted by Crippen LogP contribution is 2.38. The van der Waals surface area contributed by atoms with E-state index in [1.807, 2.05) is 6.07 Å². The molecule has 1 N–H and O–H groups in total. The van der Waals surface area contributed by atoms with E-state index in [-0.39, 0.29) is 18.1 Å². The first-order chi connectivity index (χ1) is 17.2. The average molecular weight is 476 g/mol. The molecule has 1 saturated carbocycles. The van der Waals surface area contributed by atoms with Crippen molar-refractivity contribution in [3.8, 4) is 5.75 Å². The molecule has 3 fully saturated rings. The molecule has 2 aliphatic carbocycles. The molecule has 6 rings (SSSR count). The fraction of sp³-hybridized carbons (Fsp3) is 0.586. The Hall–Kier alpha value is -2.44. The van der Waals surface area contributed by atoms with Crippen LogP contribution in [0.4, 0.5) is 0 Å². The zero-order valence-electron chi connectivity index (χ0n) is 20.6. The highest BCUT2D eigenvalue weighted by atomic mass is 16.5. The molecular weight excluding hydrogens is 438 g/mol. The van der Waals surface area contributed by atoms with Gasteiger partial charge in [0.2, 0.25) is 0 Å². The Kier molecular flexibility index (Phi) is 6.75. The predicted octanol–water partition coefficient (Wildman–Crippen LogP) is 4.16. The maximum atomic E-state index is 12.8. The van der Waals surface area contributed by atoms with Gasteiger partial charge >= 0.3 is 0 Å². The number of amides is 1. The number of benzene rings is 1. The number of nitrogens with zero attached hydrogens (tertiary/aromatic N) is 2. The summed E-state index contributed by atoms with van der Waals surface area (Å²) in [5, 5.41) is 3.20. The second kappa shape index (κ2) is 10.3. The third kappa shape index (κ3) is 5.39. The predicted molar refractivity (Wildman–Crippen MR) is 135 cm³/mol. The highest BCUT2D eigenvalue weighted by molar-refractivity contribution is 5.92. The van der Waals surface area contributed by atoms with E-state index in [2.05, 4.69) is 33.4 Å². The second-order valence-electron chi connectivity index (χ2n) is 11.0. The minimum absolute atomic E-state index is 0.111. The number of rotatable bonds is 7. The average Bonchev–Trinajstić information content (AvgIpc) is 3.62. The minimum atomic E-state index is -0.111. The molecule has 0 spiro atoms. The number of aryl methyl sites for hydroxylation is 1. The van der Waals surface area contributed by atoms with Gasteiger partial charge < -0.3 is 14.8 Å². The molecule has 1 aromatic carbocycles. The zero-order chi connectivity index (χ0) is 23.6. The topological polar surface area (TPSA) is 63.7 Å². The van der Waals surface area contributed by atoms with Gasteiger partial charge in [0.05, 0.1) is 12.3 Å². The van der Waals surface area contributed by atoms with Crippen molar-refractivity contribution in [3.05, 3.63) is 58.9 Å². The SMILES string of the molecule is O=C(N[C@H]1CCc2cc(CN3CC4CCCC4C3)ccc2C1)c1ccc(OC[C@@H]2CCCO2)cn1. The first-order valence-electron chi connectivity index (χ1n) is 13.5. The lowest BCUT2D eigenvalue weighted by Gasteiger charge is -2.26. The minimum Gasteiger partial charge on any atom is -0.489 e. The summed E-state index contributed by atoms with van der Waals surface area (Å²) in [7, 11) is 0. The van der Waals surface area contributed by atoms with Crippen LogP contribution < -0.4 is 10.1 Å². The molecule has 1 amide bonds. The number of pyridine rings is 1. The van der Waals surface area contributed by atoms with Crippen molar-refractivity contribution < 1.29 is 14.3 Å². The van der Waals surface area contributed by atoms with Crippen molar-refractivity contribution in [1.29, 1.82) is 0 Å². The van der Waals surface area contributed by atoms with Crippen LogP contribution in [0.25, 0.3) is 0 Å². The van der Waals surface area contributed by atoms with Crippen molar-refractivity contribution in [2.75, 3.05) is 26.3 Å². The molecule has 6 heteroatoms. The molecule has 1 aromatic heterocycles. The van der Waals surface area contributed by atoms with E-state index in [9.17, 15) is 4.79 Å². The lowest BCUT2D eigenvalue weighted by Crippen LogP contribution is -2.39. The quantitative estimate of drug-likeness (QED) is 0.652. The van der Waals surface area contributed by atoms with Crippen molar-refractivity contribution in [2.24, 2.45) is 11.8 Å². The molecule has 2 aliphatic heterocycles. The van der Waals surface area contributed by atoms with Crippen LogP contribution >= 0.6 is 0 Å². The number of carbonyl (C=O) groups is 1. The molecule has 6 nitrogen and oxygen atoms in total. The maximum absolute atomic E-state index is 12.8. The van der Waals surface area contributed by atoms with Gasteiger partial charge in [-0.1, -0.05) is 24.6 Å². The number of likely N-dealkylation sites (tertiary alicyclic amines) is 1. The number of aromatic nitrogens is 1. The fourth-order valence-corrected chi connectivity index (χ4v) is 6.57. The summed E-state index contributed by atoms with van der Waals surface area (Å²) in [5.74, 6) is 2.46. The summed E-state index contributed by atoms with van der Waals surface area (Å²) in [6.07, 6.45) is 11.1. The van der Waals surface area contributed by atoms with Crippen LogP contribution in [0.5, 0.6) is 5.75 Å². The number of nitrogens with one attached hydrogen (secondary N) is 1. The number of fused-ring (bicyclic) bond motifs is 2. The lowest BCUT2D eigenvalue weighted by molar-refractivity contribution is 0.0678. The molecule has 2 aromatic rings. The Bertz CT molecular complexity index is 1020. The van der Waals surface area contributed by atoms with Crippen LogP contribution in [-0.2, 0) is 24.1 Å². The standard InChI is InChI=1S/C29H37N3O3/c33-29(28-11-10-26(15-30-28)35-19-27-5-2-12-34-27)31-25-9-8-21-13-20(6-7-22(21)14-25)16-32-17-23-3-1-4-24(23)18-32/h6-7,10-11,13,15,23-25,27H,1-5,8-9,12,14,16-19H2,(H,31,33)/t23?,24?,25-,27-/m0/s1. The van der Waals surface area contributed by atoms with Gasteiger partial charge in [0, 0.05) is 32.3 Å².